The lowest BCUT2D eigenvalue weighted by molar-refractivity contribution is -0.170. The summed E-state index contributed by atoms with van der Waals surface area (Å²) < 4.78 is 9.35. The Labute approximate surface area is 89.9 Å². The van der Waals surface area contributed by atoms with Crippen molar-refractivity contribution in [1.82, 2.24) is 0 Å². The lowest BCUT2D eigenvalue weighted by Gasteiger charge is -2.14. The summed E-state index contributed by atoms with van der Waals surface area (Å²) in [7, 11) is 0. The molecule has 5 heteroatoms. The average Bonchev–Trinajstić information content (AvgIpc) is 2.15. The van der Waals surface area contributed by atoms with E-state index in [1.54, 1.807) is 13.8 Å². The van der Waals surface area contributed by atoms with Crippen molar-refractivity contribution in [2.45, 2.75) is 33.7 Å². The van der Waals surface area contributed by atoms with E-state index in [2.05, 4.69) is 9.47 Å². The van der Waals surface area contributed by atoms with Crippen LogP contribution in [0.5, 0.6) is 0 Å². The van der Waals surface area contributed by atoms with E-state index in [1.807, 2.05) is 13.8 Å². The maximum Gasteiger partial charge on any atom is 0.326 e. The van der Waals surface area contributed by atoms with E-state index in [9.17, 15) is 9.59 Å². The Morgan fingerprint density at radius 2 is 1.53 bits per heavy atom. The van der Waals surface area contributed by atoms with Crippen LogP contribution in [0.1, 0.15) is 27.7 Å². The topological polar surface area (TPSA) is 78.6 Å². The molecule has 0 fully saturated rings. The molecule has 1 unspecified atom stereocenters. The SMILES string of the molecule is CC(C)C(=O)OCOC(=O)C(N)C(C)C. The van der Waals surface area contributed by atoms with Crippen LogP contribution >= 0.6 is 0 Å². The number of hydrogen-bond acceptors (Lipinski definition) is 5. The highest BCUT2D eigenvalue weighted by Gasteiger charge is 2.19. The smallest absolute Gasteiger partial charge is 0.326 e. The van der Waals surface area contributed by atoms with Crippen LogP contribution in [0.25, 0.3) is 0 Å². The Hall–Kier alpha value is -1.10. The fourth-order valence-corrected chi connectivity index (χ4v) is 0.681. The van der Waals surface area contributed by atoms with Crippen LogP contribution in [0.2, 0.25) is 0 Å². The van der Waals surface area contributed by atoms with Crippen molar-refractivity contribution in [3.05, 3.63) is 0 Å². The zero-order chi connectivity index (χ0) is 12.0. The third-order valence-electron chi connectivity index (χ3n) is 1.86. The van der Waals surface area contributed by atoms with Crippen LogP contribution in [-0.2, 0) is 19.1 Å². The van der Waals surface area contributed by atoms with Crippen molar-refractivity contribution in [1.29, 1.82) is 0 Å². The Bertz CT molecular complexity index is 225. The first-order chi connectivity index (χ1) is 6.86. The predicted molar refractivity (Wildman–Crippen MR) is 54.7 cm³/mol. The van der Waals surface area contributed by atoms with Gasteiger partial charge in [-0.05, 0) is 5.92 Å². The van der Waals surface area contributed by atoms with Crippen molar-refractivity contribution in [2.24, 2.45) is 17.6 Å². The van der Waals surface area contributed by atoms with Crippen LogP contribution in [0.4, 0.5) is 0 Å². The molecule has 2 N–H and O–H groups in total. The molecule has 0 heterocycles. The number of esters is 2. The summed E-state index contributed by atoms with van der Waals surface area (Å²) in [5, 5.41) is 0. The summed E-state index contributed by atoms with van der Waals surface area (Å²) >= 11 is 0. The third kappa shape index (κ3) is 5.37. The summed E-state index contributed by atoms with van der Waals surface area (Å²) in [5.74, 6) is -1.19. The maximum absolute atomic E-state index is 11.2. The molecular weight excluding hydrogens is 198 g/mol. The normalized spacial score (nSPS) is 12.7. The average molecular weight is 217 g/mol. The molecule has 1 atom stereocenters. The van der Waals surface area contributed by atoms with E-state index in [1.165, 1.54) is 0 Å². The van der Waals surface area contributed by atoms with Gasteiger partial charge in [0.25, 0.3) is 0 Å². The minimum Gasteiger partial charge on any atom is -0.428 e. The summed E-state index contributed by atoms with van der Waals surface area (Å²) in [6, 6.07) is -0.678. The highest BCUT2D eigenvalue weighted by Crippen LogP contribution is 2.01. The van der Waals surface area contributed by atoms with Crippen molar-refractivity contribution in [3.63, 3.8) is 0 Å². The molecule has 0 aromatic carbocycles. The number of rotatable bonds is 5. The zero-order valence-electron chi connectivity index (χ0n) is 9.65. The number of hydrogen-bond donors (Lipinski definition) is 1. The van der Waals surface area contributed by atoms with E-state index in [4.69, 9.17) is 5.73 Å². The lowest BCUT2D eigenvalue weighted by Crippen LogP contribution is -2.37. The van der Waals surface area contributed by atoms with Gasteiger partial charge in [0.1, 0.15) is 6.04 Å². The Morgan fingerprint density at radius 3 is 1.93 bits per heavy atom. The monoisotopic (exact) mass is 217 g/mol. The van der Waals surface area contributed by atoms with Crippen LogP contribution in [0.15, 0.2) is 0 Å². The van der Waals surface area contributed by atoms with Gasteiger partial charge in [0.05, 0.1) is 5.92 Å². The minimum atomic E-state index is -0.678. The van der Waals surface area contributed by atoms with Crippen molar-refractivity contribution in [2.75, 3.05) is 6.79 Å². The fraction of sp³-hybridized carbons (Fsp3) is 0.800. The minimum absolute atomic E-state index is 0.00157. The van der Waals surface area contributed by atoms with Gasteiger partial charge in [-0.3, -0.25) is 9.59 Å². The van der Waals surface area contributed by atoms with E-state index in [0.29, 0.717) is 0 Å². The van der Waals surface area contributed by atoms with Crippen molar-refractivity contribution < 1.29 is 19.1 Å². The van der Waals surface area contributed by atoms with Crippen LogP contribution < -0.4 is 5.73 Å². The molecule has 0 radical (unpaired) electrons. The van der Waals surface area contributed by atoms with Gasteiger partial charge in [0, 0.05) is 0 Å². The van der Waals surface area contributed by atoms with Crippen LogP contribution in [0.3, 0.4) is 0 Å². The molecular formula is C10H19NO4. The lowest BCUT2D eigenvalue weighted by atomic mass is 10.1. The molecule has 0 aliphatic rings. The first-order valence-corrected chi connectivity index (χ1v) is 4.95. The molecule has 0 spiro atoms. The molecule has 0 aromatic rings. The summed E-state index contributed by atoms with van der Waals surface area (Å²) in [6.45, 7) is 6.66. The molecule has 0 amide bonds. The van der Waals surface area contributed by atoms with Gasteiger partial charge in [-0.2, -0.15) is 0 Å². The molecule has 15 heavy (non-hydrogen) atoms. The zero-order valence-corrected chi connectivity index (χ0v) is 9.65. The first-order valence-electron chi connectivity index (χ1n) is 4.95. The summed E-state index contributed by atoms with van der Waals surface area (Å²) in [6.07, 6.45) is 0. The second-order valence-corrected chi connectivity index (χ2v) is 3.97. The molecule has 0 bridgehead atoms. The summed E-state index contributed by atoms with van der Waals surface area (Å²) in [5.41, 5.74) is 5.52. The van der Waals surface area contributed by atoms with Gasteiger partial charge < -0.3 is 15.2 Å². The number of carbonyl (C=O) groups is 2. The molecule has 88 valence electrons. The third-order valence-corrected chi connectivity index (χ3v) is 1.86. The van der Waals surface area contributed by atoms with Gasteiger partial charge in [-0.15, -0.1) is 0 Å². The van der Waals surface area contributed by atoms with E-state index in [0.717, 1.165) is 0 Å². The van der Waals surface area contributed by atoms with Crippen LogP contribution in [0, 0.1) is 11.8 Å². The standard InChI is InChI=1S/C10H19NO4/c1-6(2)8(11)10(13)15-5-14-9(12)7(3)4/h6-8H,5,11H2,1-4H3. The van der Waals surface area contributed by atoms with E-state index < -0.39 is 18.0 Å². The largest absolute Gasteiger partial charge is 0.428 e. The van der Waals surface area contributed by atoms with Crippen molar-refractivity contribution in [3.8, 4) is 0 Å². The molecule has 0 saturated carbocycles. The Morgan fingerprint density at radius 1 is 1.07 bits per heavy atom. The second kappa shape index (κ2) is 6.40. The molecule has 0 saturated heterocycles. The quantitative estimate of drug-likeness (QED) is 0.541. The summed E-state index contributed by atoms with van der Waals surface area (Å²) in [4.78, 5) is 22.2. The number of nitrogens with two attached hydrogens (primary N) is 1. The van der Waals surface area contributed by atoms with Crippen molar-refractivity contribution >= 4 is 11.9 Å². The van der Waals surface area contributed by atoms with Crippen LogP contribution in [-0.4, -0.2) is 24.8 Å². The second-order valence-electron chi connectivity index (χ2n) is 3.97. The molecule has 0 aliphatic carbocycles. The van der Waals surface area contributed by atoms with Gasteiger partial charge in [0.15, 0.2) is 0 Å². The first kappa shape index (κ1) is 13.9. The van der Waals surface area contributed by atoms with Gasteiger partial charge in [-0.1, -0.05) is 27.7 Å². The van der Waals surface area contributed by atoms with Gasteiger partial charge in [0.2, 0.25) is 6.79 Å². The highest BCUT2D eigenvalue weighted by atomic mass is 16.7. The maximum atomic E-state index is 11.2. The van der Waals surface area contributed by atoms with E-state index in [-0.39, 0.29) is 18.6 Å². The molecule has 0 aliphatic heterocycles. The van der Waals surface area contributed by atoms with Gasteiger partial charge in [-0.25, -0.2) is 0 Å². The predicted octanol–water partition coefficient (Wildman–Crippen LogP) is 0.670. The Balaban J connectivity index is 3.78. The Kier molecular flexibility index (Phi) is 5.93. The number of ether oxygens (including phenoxy) is 2. The van der Waals surface area contributed by atoms with Gasteiger partial charge >= 0.3 is 11.9 Å². The number of carbonyl (C=O) groups excluding carboxylic acids is 2. The molecule has 0 rings (SSSR count). The molecule has 0 aromatic heterocycles. The fourth-order valence-electron chi connectivity index (χ4n) is 0.681. The highest BCUT2D eigenvalue weighted by molar-refractivity contribution is 5.76. The van der Waals surface area contributed by atoms with E-state index >= 15 is 0 Å². The molecule has 5 nitrogen and oxygen atoms in total.